The number of amides is 1. The Kier molecular flexibility index (Phi) is 4.24. The lowest BCUT2D eigenvalue weighted by Gasteiger charge is -2.22. The summed E-state index contributed by atoms with van der Waals surface area (Å²) < 4.78 is 18.2. The summed E-state index contributed by atoms with van der Waals surface area (Å²) in [6, 6.07) is 14.0. The van der Waals surface area contributed by atoms with E-state index in [4.69, 9.17) is 4.52 Å². The van der Waals surface area contributed by atoms with Gasteiger partial charge in [-0.2, -0.15) is 4.98 Å². The molecule has 0 bridgehead atoms. The van der Waals surface area contributed by atoms with Gasteiger partial charge in [0.2, 0.25) is 17.6 Å². The fourth-order valence-corrected chi connectivity index (χ4v) is 3.35. The standard InChI is InChI=1S/C20H18FN3O2/c1-13-12-15-4-2-3-5-17(15)24(13)19(25)11-10-18-22-20(23-26-18)14-6-8-16(21)9-7-14/h2-9,13H,10-12H2,1H3. The first-order valence-electron chi connectivity index (χ1n) is 8.60. The zero-order valence-electron chi connectivity index (χ0n) is 14.4. The normalized spacial score (nSPS) is 15.9. The fourth-order valence-electron chi connectivity index (χ4n) is 3.35. The molecule has 6 heteroatoms. The zero-order valence-corrected chi connectivity index (χ0v) is 14.4. The first-order valence-corrected chi connectivity index (χ1v) is 8.60. The SMILES string of the molecule is CC1Cc2ccccc2N1C(=O)CCc1nc(-c2ccc(F)cc2)no1. The first-order chi connectivity index (χ1) is 12.6. The Morgan fingerprint density at radius 3 is 2.81 bits per heavy atom. The molecule has 0 radical (unpaired) electrons. The van der Waals surface area contributed by atoms with E-state index >= 15 is 0 Å². The molecule has 1 atom stereocenters. The third kappa shape index (κ3) is 3.10. The van der Waals surface area contributed by atoms with E-state index < -0.39 is 0 Å². The van der Waals surface area contributed by atoms with Crippen LogP contribution in [0.3, 0.4) is 0 Å². The third-order valence-electron chi connectivity index (χ3n) is 4.60. The highest BCUT2D eigenvalue weighted by atomic mass is 19.1. The van der Waals surface area contributed by atoms with Crippen molar-refractivity contribution in [1.29, 1.82) is 0 Å². The average Bonchev–Trinajstić information content (AvgIpc) is 3.24. The third-order valence-corrected chi connectivity index (χ3v) is 4.60. The number of rotatable bonds is 4. The maximum absolute atomic E-state index is 13.0. The van der Waals surface area contributed by atoms with Gasteiger partial charge in [-0.25, -0.2) is 4.39 Å². The molecule has 0 fully saturated rings. The van der Waals surface area contributed by atoms with Gasteiger partial charge < -0.3 is 9.42 Å². The van der Waals surface area contributed by atoms with Gasteiger partial charge in [-0.1, -0.05) is 23.4 Å². The Balaban J connectivity index is 1.43. The first kappa shape index (κ1) is 16.4. The van der Waals surface area contributed by atoms with Crippen molar-refractivity contribution >= 4 is 11.6 Å². The minimum Gasteiger partial charge on any atom is -0.339 e. The topological polar surface area (TPSA) is 59.2 Å². The van der Waals surface area contributed by atoms with Gasteiger partial charge in [0.1, 0.15) is 5.82 Å². The summed E-state index contributed by atoms with van der Waals surface area (Å²) in [6.45, 7) is 2.05. The lowest BCUT2D eigenvalue weighted by molar-refractivity contribution is -0.118. The minimum absolute atomic E-state index is 0.0454. The number of anilines is 1. The highest BCUT2D eigenvalue weighted by Crippen LogP contribution is 2.32. The lowest BCUT2D eigenvalue weighted by atomic mass is 10.1. The highest BCUT2D eigenvalue weighted by Gasteiger charge is 2.30. The van der Waals surface area contributed by atoms with E-state index in [1.165, 1.54) is 17.7 Å². The smallest absolute Gasteiger partial charge is 0.227 e. The number of fused-ring (bicyclic) bond motifs is 1. The van der Waals surface area contributed by atoms with Gasteiger partial charge in [-0.15, -0.1) is 0 Å². The van der Waals surface area contributed by atoms with Gasteiger partial charge in [-0.3, -0.25) is 4.79 Å². The Morgan fingerprint density at radius 2 is 2.00 bits per heavy atom. The van der Waals surface area contributed by atoms with Gasteiger partial charge in [-0.05, 0) is 49.2 Å². The summed E-state index contributed by atoms with van der Waals surface area (Å²) in [5.41, 5.74) is 2.86. The average molecular weight is 351 g/mol. The predicted molar refractivity (Wildman–Crippen MR) is 95.1 cm³/mol. The van der Waals surface area contributed by atoms with Gasteiger partial charge in [0.25, 0.3) is 0 Å². The number of hydrogen-bond donors (Lipinski definition) is 0. The van der Waals surface area contributed by atoms with Crippen LogP contribution in [0.25, 0.3) is 11.4 Å². The number of carbonyl (C=O) groups excluding carboxylic acids is 1. The predicted octanol–water partition coefficient (Wildman–Crippen LogP) is 3.79. The number of aryl methyl sites for hydroxylation is 1. The van der Waals surface area contributed by atoms with E-state index in [1.54, 1.807) is 12.1 Å². The molecule has 0 saturated heterocycles. The fraction of sp³-hybridized carbons (Fsp3) is 0.250. The van der Waals surface area contributed by atoms with Crippen molar-refractivity contribution in [2.45, 2.75) is 32.2 Å². The van der Waals surface area contributed by atoms with Crippen LogP contribution in [-0.4, -0.2) is 22.1 Å². The van der Waals surface area contributed by atoms with Crippen LogP contribution in [-0.2, 0) is 17.6 Å². The quantitative estimate of drug-likeness (QED) is 0.718. The van der Waals surface area contributed by atoms with Crippen LogP contribution in [0.15, 0.2) is 53.1 Å². The van der Waals surface area contributed by atoms with Crippen LogP contribution in [0.1, 0.15) is 24.8 Å². The van der Waals surface area contributed by atoms with Crippen molar-refractivity contribution in [1.82, 2.24) is 10.1 Å². The second kappa shape index (κ2) is 6.71. The Labute approximate surface area is 150 Å². The van der Waals surface area contributed by atoms with Crippen molar-refractivity contribution in [3.8, 4) is 11.4 Å². The monoisotopic (exact) mass is 351 g/mol. The molecule has 5 nitrogen and oxygen atoms in total. The van der Waals surface area contributed by atoms with Crippen LogP contribution in [0.4, 0.5) is 10.1 Å². The molecule has 0 aliphatic carbocycles. The molecular formula is C20H18FN3O2. The van der Waals surface area contributed by atoms with E-state index in [0.717, 1.165) is 12.1 Å². The van der Waals surface area contributed by atoms with Crippen molar-refractivity contribution in [3.63, 3.8) is 0 Å². The lowest BCUT2D eigenvalue weighted by Crippen LogP contribution is -2.35. The molecule has 132 valence electrons. The summed E-state index contributed by atoms with van der Waals surface area (Å²) in [7, 11) is 0. The minimum atomic E-state index is -0.317. The van der Waals surface area contributed by atoms with Crippen molar-refractivity contribution in [2.75, 3.05) is 4.90 Å². The van der Waals surface area contributed by atoms with Gasteiger partial charge in [0, 0.05) is 30.1 Å². The number of aromatic nitrogens is 2. The summed E-state index contributed by atoms with van der Waals surface area (Å²) >= 11 is 0. The molecular weight excluding hydrogens is 333 g/mol. The van der Waals surface area contributed by atoms with Crippen molar-refractivity contribution in [3.05, 3.63) is 65.8 Å². The molecule has 1 aliphatic rings. The summed E-state index contributed by atoms with van der Waals surface area (Å²) in [5.74, 6) is 0.525. The van der Waals surface area contributed by atoms with E-state index in [-0.39, 0.29) is 17.8 Å². The van der Waals surface area contributed by atoms with Crippen molar-refractivity contribution < 1.29 is 13.7 Å². The maximum atomic E-state index is 13.0. The zero-order chi connectivity index (χ0) is 18.1. The molecule has 0 spiro atoms. The van der Waals surface area contributed by atoms with Gasteiger partial charge in [0.15, 0.2) is 0 Å². The molecule has 1 aromatic heterocycles. The number of para-hydroxylation sites is 1. The van der Waals surface area contributed by atoms with Crippen molar-refractivity contribution in [2.24, 2.45) is 0 Å². The van der Waals surface area contributed by atoms with Crippen LogP contribution in [0, 0.1) is 5.82 Å². The summed E-state index contributed by atoms with van der Waals surface area (Å²) in [4.78, 5) is 18.9. The largest absolute Gasteiger partial charge is 0.339 e. The Morgan fingerprint density at radius 1 is 1.23 bits per heavy atom. The van der Waals surface area contributed by atoms with E-state index in [0.29, 0.717) is 30.1 Å². The van der Waals surface area contributed by atoms with E-state index in [9.17, 15) is 9.18 Å². The summed E-state index contributed by atoms with van der Waals surface area (Å²) in [5, 5.41) is 3.91. The molecule has 1 aliphatic heterocycles. The van der Waals surface area contributed by atoms with Crippen LogP contribution in [0.2, 0.25) is 0 Å². The van der Waals surface area contributed by atoms with E-state index in [1.807, 2.05) is 23.1 Å². The summed E-state index contributed by atoms with van der Waals surface area (Å²) in [6.07, 6.45) is 1.54. The van der Waals surface area contributed by atoms with Crippen LogP contribution in [0.5, 0.6) is 0 Å². The molecule has 2 aromatic carbocycles. The second-order valence-electron chi connectivity index (χ2n) is 6.46. The number of hydrogen-bond acceptors (Lipinski definition) is 4. The maximum Gasteiger partial charge on any atom is 0.227 e. The number of nitrogens with zero attached hydrogens (tertiary/aromatic N) is 3. The highest BCUT2D eigenvalue weighted by molar-refractivity contribution is 5.96. The molecule has 1 amide bonds. The number of carbonyl (C=O) groups is 1. The van der Waals surface area contributed by atoms with Crippen LogP contribution < -0.4 is 4.90 Å². The van der Waals surface area contributed by atoms with E-state index in [2.05, 4.69) is 23.1 Å². The molecule has 1 unspecified atom stereocenters. The Hall–Kier alpha value is -3.02. The van der Waals surface area contributed by atoms with Gasteiger partial charge >= 0.3 is 0 Å². The molecule has 2 heterocycles. The molecule has 26 heavy (non-hydrogen) atoms. The second-order valence-corrected chi connectivity index (χ2v) is 6.46. The van der Waals surface area contributed by atoms with Gasteiger partial charge in [0.05, 0.1) is 0 Å². The number of benzene rings is 2. The number of halogens is 1. The Bertz CT molecular complexity index is 936. The molecule has 0 N–H and O–H groups in total. The molecule has 3 aromatic rings. The molecule has 0 saturated carbocycles. The molecule has 4 rings (SSSR count). The van der Waals surface area contributed by atoms with Crippen LogP contribution >= 0.6 is 0 Å².